The lowest BCUT2D eigenvalue weighted by Crippen LogP contribution is -2.31. The van der Waals surface area contributed by atoms with Crippen LogP contribution in [-0.4, -0.2) is 6.54 Å². The van der Waals surface area contributed by atoms with Crippen LogP contribution < -0.4 is 5.32 Å². The van der Waals surface area contributed by atoms with Crippen molar-refractivity contribution in [2.24, 2.45) is 5.41 Å². The van der Waals surface area contributed by atoms with Crippen LogP contribution in [0.5, 0.6) is 0 Å². The molecule has 0 saturated carbocycles. The summed E-state index contributed by atoms with van der Waals surface area (Å²) in [5.41, 5.74) is 1.68. The number of hydrogen-bond donors (Lipinski definition) is 1. The molecular weight excluding hydrogens is 230 g/mol. The fourth-order valence-electron chi connectivity index (χ4n) is 1.72. The highest BCUT2D eigenvalue weighted by Gasteiger charge is 2.17. The summed E-state index contributed by atoms with van der Waals surface area (Å²) in [4.78, 5) is 0. The van der Waals surface area contributed by atoms with Crippen LogP contribution in [0.1, 0.15) is 52.1 Å². The van der Waals surface area contributed by atoms with E-state index in [0.29, 0.717) is 11.5 Å². The largest absolute Gasteiger partial charge is 0.309 e. The first-order valence-corrected chi connectivity index (χ1v) is 6.85. The fourth-order valence-corrected chi connectivity index (χ4v) is 1.84. The van der Waals surface area contributed by atoms with E-state index in [4.69, 9.17) is 11.6 Å². The molecule has 0 aliphatic rings. The maximum atomic E-state index is 5.91. The minimum Gasteiger partial charge on any atom is -0.309 e. The number of nitrogens with one attached hydrogen (secondary N) is 1. The maximum absolute atomic E-state index is 5.91. The molecule has 1 atom stereocenters. The standard InChI is InChI=1S/C15H24ClN/c1-5-14(17-11-15(3,4)6-2)12-7-9-13(16)10-8-12/h7-10,14,17H,5-6,11H2,1-4H3. The van der Waals surface area contributed by atoms with Gasteiger partial charge >= 0.3 is 0 Å². The highest BCUT2D eigenvalue weighted by Crippen LogP contribution is 2.23. The quantitative estimate of drug-likeness (QED) is 0.767. The lowest BCUT2D eigenvalue weighted by atomic mass is 9.89. The van der Waals surface area contributed by atoms with E-state index in [9.17, 15) is 0 Å². The van der Waals surface area contributed by atoms with Crippen molar-refractivity contribution in [3.63, 3.8) is 0 Å². The minimum atomic E-state index is 0.361. The van der Waals surface area contributed by atoms with E-state index in [1.165, 1.54) is 12.0 Å². The molecule has 0 amide bonds. The summed E-state index contributed by atoms with van der Waals surface area (Å²) < 4.78 is 0. The van der Waals surface area contributed by atoms with E-state index >= 15 is 0 Å². The third-order valence-corrected chi connectivity index (χ3v) is 3.72. The second-order valence-corrected chi connectivity index (χ2v) is 5.85. The summed E-state index contributed by atoms with van der Waals surface area (Å²) in [5.74, 6) is 0. The number of hydrogen-bond acceptors (Lipinski definition) is 1. The van der Waals surface area contributed by atoms with Gasteiger partial charge in [0.05, 0.1) is 0 Å². The first kappa shape index (κ1) is 14.5. The first-order chi connectivity index (χ1) is 7.98. The topological polar surface area (TPSA) is 12.0 Å². The number of rotatable bonds is 6. The Morgan fingerprint density at radius 1 is 1.18 bits per heavy atom. The average molecular weight is 254 g/mol. The van der Waals surface area contributed by atoms with Crippen LogP contribution in [0.25, 0.3) is 0 Å². The van der Waals surface area contributed by atoms with Gasteiger partial charge in [-0.1, -0.05) is 51.4 Å². The Morgan fingerprint density at radius 2 is 1.76 bits per heavy atom. The summed E-state index contributed by atoms with van der Waals surface area (Å²) >= 11 is 5.91. The SMILES string of the molecule is CCC(NCC(C)(C)CC)c1ccc(Cl)cc1. The minimum absolute atomic E-state index is 0.361. The summed E-state index contributed by atoms with van der Waals surface area (Å²) in [7, 11) is 0. The summed E-state index contributed by atoms with van der Waals surface area (Å²) in [6.45, 7) is 10.1. The van der Waals surface area contributed by atoms with Crippen molar-refractivity contribution < 1.29 is 0 Å². The van der Waals surface area contributed by atoms with Crippen LogP contribution in [-0.2, 0) is 0 Å². The zero-order chi connectivity index (χ0) is 12.9. The summed E-state index contributed by atoms with van der Waals surface area (Å²) in [6.07, 6.45) is 2.29. The second-order valence-electron chi connectivity index (χ2n) is 5.41. The molecule has 17 heavy (non-hydrogen) atoms. The van der Waals surface area contributed by atoms with E-state index in [2.05, 4.69) is 45.1 Å². The highest BCUT2D eigenvalue weighted by molar-refractivity contribution is 6.30. The Kier molecular flexibility index (Phi) is 5.48. The van der Waals surface area contributed by atoms with E-state index in [-0.39, 0.29) is 0 Å². The second kappa shape index (κ2) is 6.42. The van der Waals surface area contributed by atoms with Crippen molar-refractivity contribution in [1.29, 1.82) is 0 Å². The van der Waals surface area contributed by atoms with Gasteiger partial charge < -0.3 is 5.32 Å². The van der Waals surface area contributed by atoms with E-state index in [1.807, 2.05) is 12.1 Å². The normalized spacial score (nSPS) is 13.7. The molecule has 96 valence electrons. The smallest absolute Gasteiger partial charge is 0.0406 e. The third kappa shape index (κ3) is 4.69. The van der Waals surface area contributed by atoms with Gasteiger partial charge in [-0.3, -0.25) is 0 Å². The van der Waals surface area contributed by atoms with E-state index in [1.54, 1.807) is 0 Å². The van der Waals surface area contributed by atoms with Crippen LogP contribution in [0.4, 0.5) is 0 Å². The van der Waals surface area contributed by atoms with Crippen molar-refractivity contribution in [3.8, 4) is 0 Å². The third-order valence-electron chi connectivity index (χ3n) is 3.46. The summed E-state index contributed by atoms with van der Waals surface area (Å²) in [6, 6.07) is 8.58. The van der Waals surface area contributed by atoms with Gasteiger partial charge in [0.25, 0.3) is 0 Å². The van der Waals surface area contributed by atoms with Crippen molar-refractivity contribution in [3.05, 3.63) is 34.9 Å². The van der Waals surface area contributed by atoms with Gasteiger partial charge in [0.15, 0.2) is 0 Å². The molecule has 0 aromatic heterocycles. The monoisotopic (exact) mass is 253 g/mol. The van der Waals surface area contributed by atoms with E-state index in [0.717, 1.165) is 18.0 Å². The fraction of sp³-hybridized carbons (Fsp3) is 0.600. The molecule has 0 aliphatic carbocycles. The van der Waals surface area contributed by atoms with Gasteiger partial charge in [-0.2, -0.15) is 0 Å². The molecule has 1 nitrogen and oxygen atoms in total. The first-order valence-electron chi connectivity index (χ1n) is 6.47. The molecule has 1 unspecified atom stereocenters. The van der Waals surface area contributed by atoms with Gasteiger partial charge in [-0.05, 0) is 36.0 Å². The molecule has 1 N–H and O–H groups in total. The van der Waals surface area contributed by atoms with Gasteiger partial charge in [0, 0.05) is 17.6 Å². The summed E-state index contributed by atoms with van der Waals surface area (Å²) in [5, 5.41) is 4.46. The van der Waals surface area contributed by atoms with Crippen LogP contribution in [0.3, 0.4) is 0 Å². The Bertz CT molecular complexity index is 329. The van der Waals surface area contributed by atoms with Gasteiger partial charge in [0.1, 0.15) is 0 Å². The lowest BCUT2D eigenvalue weighted by Gasteiger charge is -2.27. The molecule has 2 heteroatoms. The zero-order valence-electron chi connectivity index (χ0n) is 11.4. The van der Waals surface area contributed by atoms with Crippen molar-refractivity contribution in [2.45, 2.75) is 46.6 Å². The van der Waals surface area contributed by atoms with E-state index < -0.39 is 0 Å². The van der Waals surface area contributed by atoms with Crippen LogP contribution in [0, 0.1) is 5.41 Å². The number of benzene rings is 1. The van der Waals surface area contributed by atoms with Crippen molar-refractivity contribution in [1.82, 2.24) is 5.32 Å². The molecule has 0 aliphatic heterocycles. The molecular formula is C15H24ClN. The Hall–Kier alpha value is -0.530. The predicted octanol–water partition coefficient (Wildman–Crippen LogP) is 4.82. The maximum Gasteiger partial charge on any atom is 0.0406 e. The van der Waals surface area contributed by atoms with Crippen molar-refractivity contribution in [2.75, 3.05) is 6.54 Å². The van der Waals surface area contributed by atoms with Crippen molar-refractivity contribution >= 4 is 11.6 Å². The van der Waals surface area contributed by atoms with Crippen LogP contribution >= 0.6 is 11.6 Å². The van der Waals surface area contributed by atoms with Crippen LogP contribution in [0.15, 0.2) is 24.3 Å². The molecule has 1 aromatic carbocycles. The molecule has 0 fully saturated rings. The average Bonchev–Trinajstić information content (AvgIpc) is 2.32. The van der Waals surface area contributed by atoms with Gasteiger partial charge in [0.2, 0.25) is 0 Å². The lowest BCUT2D eigenvalue weighted by molar-refractivity contribution is 0.307. The highest BCUT2D eigenvalue weighted by atomic mass is 35.5. The molecule has 0 heterocycles. The Morgan fingerprint density at radius 3 is 2.24 bits per heavy atom. The number of halogens is 1. The Balaban J connectivity index is 2.63. The predicted molar refractivity (Wildman–Crippen MR) is 76.6 cm³/mol. The zero-order valence-corrected chi connectivity index (χ0v) is 12.1. The molecule has 1 rings (SSSR count). The Labute approximate surface area is 111 Å². The molecule has 0 radical (unpaired) electrons. The van der Waals surface area contributed by atoms with Gasteiger partial charge in [-0.15, -0.1) is 0 Å². The molecule has 1 aromatic rings. The van der Waals surface area contributed by atoms with Crippen LogP contribution in [0.2, 0.25) is 5.02 Å². The van der Waals surface area contributed by atoms with Gasteiger partial charge in [-0.25, -0.2) is 0 Å². The molecule has 0 saturated heterocycles. The molecule has 0 bridgehead atoms. The molecule has 0 spiro atoms.